The van der Waals surface area contributed by atoms with E-state index in [1.165, 1.54) is 5.56 Å². The van der Waals surface area contributed by atoms with Crippen molar-refractivity contribution >= 4 is 5.69 Å². The van der Waals surface area contributed by atoms with Crippen molar-refractivity contribution in [3.05, 3.63) is 48.2 Å². The molecule has 0 aliphatic rings. The van der Waals surface area contributed by atoms with E-state index in [9.17, 15) is 0 Å². The zero-order chi connectivity index (χ0) is 11.5. The molecule has 0 unspecified atom stereocenters. The van der Waals surface area contributed by atoms with Gasteiger partial charge in [-0.2, -0.15) is 0 Å². The molecule has 0 fully saturated rings. The van der Waals surface area contributed by atoms with Crippen LogP contribution in [0.2, 0.25) is 0 Å². The van der Waals surface area contributed by atoms with Gasteiger partial charge in [0.05, 0.1) is 17.6 Å². The third-order valence-electron chi connectivity index (χ3n) is 2.66. The minimum Gasteiger partial charge on any atom is -0.397 e. The molecule has 2 aromatic rings. The molecule has 0 atom stereocenters. The molecule has 82 valence electrons. The van der Waals surface area contributed by atoms with Crippen LogP contribution in [-0.2, 0) is 0 Å². The predicted molar refractivity (Wildman–Crippen MR) is 68.2 cm³/mol. The van der Waals surface area contributed by atoms with E-state index in [1.54, 1.807) is 6.20 Å². The lowest BCUT2D eigenvalue weighted by molar-refractivity contribution is 0.867. The highest BCUT2D eigenvalue weighted by Gasteiger charge is 2.01. The van der Waals surface area contributed by atoms with Crippen LogP contribution in [0.4, 0.5) is 5.69 Å². The molecule has 1 aromatic carbocycles. The lowest BCUT2D eigenvalue weighted by atomic mass is 10.0. The standard InChI is InChI=1S/C14H16N2/c1-10(2)11-3-5-12(6-4-11)14-8-7-13(15)9-16-14/h3-10H,15H2,1-2H3. The van der Waals surface area contributed by atoms with Gasteiger partial charge in [-0.05, 0) is 23.6 Å². The number of rotatable bonds is 2. The SMILES string of the molecule is CC(C)c1ccc(-c2ccc(N)cn2)cc1. The summed E-state index contributed by atoms with van der Waals surface area (Å²) in [5.74, 6) is 0.563. The van der Waals surface area contributed by atoms with Crippen molar-refractivity contribution in [1.82, 2.24) is 4.98 Å². The number of aromatic nitrogens is 1. The predicted octanol–water partition coefficient (Wildman–Crippen LogP) is 3.45. The van der Waals surface area contributed by atoms with Crippen molar-refractivity contribution in [2.75, 3.05) is 5.73 Å². The second-order valence-electron chi connectivity index (χ2n) is 4.25. The fraction of sp³-hybridized carbons (Fsp3) is 0.214. The van der Waals surface area contributed by atoms with E-state index in [2.05, 4.69) is 43.1 Å². The molecule has 2 nitrogen and oxygen atoms in total. The molecule has 1 aromatic heterocycles. The molecule has 0 bridgehead atoms. The average molecular weight is 212 g/mol. The molecule has 1 heterocycles. The van der Waals surface area contributed by atoms with Gasteiger partial charge in [-0.3, -0.25) is 4.98 Å². The third-order valence-corrected chi connectivity index (χ3v) is 2.66. The second kappa shape index (κ2) is 4.35. The van der Waals surface area contributed by atoms with E-state index in [1.807, 2.05) is 12.1 Å². The summed E-state index contributed by atoms with van der Waals surface area (Å²) in [6.45, 7) is 4.38. The first-order valence-electron chi connectivity index (χ1n) is 5.48. The highest BCUT2D eigenvalue weighted by molar-refractivity contribution is 5.60. The number of nitrogen functional groups attached to an aromatic ring is 1. The van der Waals surface area contributed by atoms with E-state index < -0.39 is 0 Å². The summed E-state index contributed by atoms with van der Waals surface area (Å²) in [5, 5.41) is 0. The molecule has 0 saturated carbocycles. The second-order valence-corrected chi connectivity index (χ2v) is 4.25. The van der Waals surface area contributed by atoms with Crippen molar-refractivity contribution in [3.8, 4) is 11.3 Å². The number of anilines is 1. The zero-order valence-electron chi connectivity index (χ0n) is 9.64. The Morgan fingerprint density at radius 3 is 2.19 bits per heavy atom. The van der Waals surface area contributed by atoms with Crippen LogP contribution in [-0.4, -0.2) is 4.98 Å². The maximum absolute atomic E-state index is 5.61. The van der Waals surface area contributed by atoms with Gasteiger partial charge in [0.25, 0.3) is 0 Å². The Labute approximate surface area is 96.1 Å². The fourth-order valence-corrected chi connectivity index (χ4v) is 1.61. The molecular formula is C14H16N2. The van der Waals surface area contributed by atoms with Gasteiger partial charge in [-0.25, -0.2) is 0 Å². The average Bonchev–Trinajstić information content (AvgIpc) is 2.30. The van der Waals surface area contributed by atoms with Crippen molar-refractivity contribution in [1.29, 1.82) is 0 Å². The number of pyridine rings is 1. The van der Waals surface area contributed by atoms with Crippen molar-refractivity contribution in [2.45, 2.75) is 19.8 Å². The van der Waals surface area contributed by atoms with Crippen LogP contribution in [0.1, 0.15) is 25.3 Å². The first-order chi connectivity index (χ1) is 7.66. The summed E-state index contributed by atoms with van der Waals surface area (Å²) in [5.41, 5.74) is 9.74. The van der Waals surface area contributed by atoms with Crippen LogP contribution in [0.25, 0.3) is 11.3 Å². The van der Waals surface area contributed by atoms with Gasteiger partial charge in [0.2, 0.25) is 0 Å². The van der Waals surface area contributed by atoms with Crippen LogP contribution < -0.4 is 5.73 Å². The molecule has 2 rings (SSSR count). The van der Waals surface area contributed by atoms with Gasteiger partial charge in [0, 0.05) is 5.56 Å². The Bertz CT molecular complexity index is 455. The summed E-state index contributed by atoms with van der Waals surface area (Å²) in [7, 11) is 0. The molecule has 0 aliphatic heterocycles. The third kappa shape index (κ3) is 2.22. The maximum Gasteiger partial charge on any atom is 0.0703 e. The van der Waals surface area contributed by atoms with Crippen LogP contribution in [0.5, 0.6) is 0 Å². The van der Waals surface area contributed by atoms with E-state index in [0.29, 0.717) is 11.6 Å². The summed E-state index contributed by atoms with van der Waals surface area (Å²) in [6, 6.07) is 12.3. The number of benzene rings is 1. The van der Waals surface area contributed by atoms with Crippen molar-refractivity contribution < 1.29 is 0 Å². The van der Waals surface area contributed by atoms with E-state index in [-0.39, 0.29) is 0 Å². The Kier molecular flexibility index (Phi) is 2.91. The van der Waals surface area contributed by atoms with Gasteiger partial charge in [-0.15, -0.1) is 0 Å². The van der Waals surface area contributed by atoms with Gasteiger partial charge in [0.15, 0.2) is 0 Å². The Hall–Kier alpha value is -1.83. The quantitative estimate of drug-likeness (QED) is 0.828. The normalized spacial score (nSPS) is 10.7. The summed E-state index contributed by atoms with van der Waals surface area (Å²) in [4.78, 5) is 4.30. The van der Waals surface area contributed by atoms with Gasteiger partial charge >= 0.3 is 0 Å². The minimum atomic E-state index is 0.563. The molecule has 0 spiro atoms. The summed E-state index contributed by atoms with van der Waals surface area (Å²) in [6.07, 6.45) is 1.69. The first kappa shape index (κ1) is 10.7. The Morgan fingerprint density at radius 1 is 1.00 bits per heavy atom. The number of nitrogens with zero attached hydrogens (tertiary/aromatic N) is 1. The molecule has 0 aliphatic carbocycles. The molecule has 2 heteroatoms. The maximum atomic E-state index is 5.61. The Morgan fingerprint density at radius 2 is 1.69 bits per heavy atom. The van der Waals surface area contributed by atoms with Gasteiger partial charge in [0.1, 0.15) is 0 Å². The van der Waals surface area contributed by atoms with Gasteiger partial charge < -0.3 is 5.73 Å². The molecule has 0 saturated heterocycles. The molecule has 16 heavy (non-hydrogen) atoms. The van der Waals surface area contributed by atoms with Crippen LogP contribution >= 0.6 is 0 Å². The lowest BCUT2D eigenvalue weighted by Crippen LogP contribution is -1.90. The summed E-state index contributed by atoms with van der Waals surface area (Å²) < 4.78 is 0. The van der Waals surface area contributed by atoms with Crippen LogP contribution in [0, 0.1) is 0 Å². The van der Waals surface area contributed by atoms with Crippen molar-refractivity contribution in [3.63, 3.8) is 0 Å². The molecular weight excluding hydrogens is 196 g/mol. The number of hydrogen-bond acceptors (Lipinski definition) is 2. The highest BCUT2D eigenvalue weighted by atomic mass is 14.7. The van der Waals surface area contributed by atoms with E-state index >= 15 is 0 Å². The largest absolute Gasteiger partial charge is 0.397 e. The monoisotopic (exact) mass is 212 g/mol. The smallest absolute Gasteiger partial charge is 0.0703 e. The number of nitrogens with two attached hydrogens (primary N) is 1. The minimum absolute atomic E-state index is 0.563. The van der Waals surface area contributed by atoms with E-state index in [4.69, 9.17) is 5.73 Å². The Balaban J connectivity index is 2.31. The molecule has 2 N–H and O–H groups in total. The first-order valence-corrected chi connectivity index (χ1v) is 5.48. The number of hydrogen-bond donors (Lipinski definition) is 1. The van der Waals surface area contributed by atoms with E-state index in [0.717, 1.165) is 11.3 Å². The van der Waals surface area contributed by atoms with Gasteiger partial charge in [-0.1, -0.05) is 38.1 Å². The zero-order valence-corrected chi connectivity index (χ0v) is 9.64. The van der Waals surface area contributed by atoms with Crippen LogP contribution in [0.3, 0.4) is 0 Å². The molecule has 0 radical (unpaired) electrons. The summed E-state index contributed by atoms with van der Waals surface area (Å²) >= 11 is 0. The van der Waals surface area contributed by atoms with Crippen LogP contribution in [0.15, 0.2) is 42.6 Å². The van der Waals surface area contributed by atoms with Crippen molar-refractivity contribution in [2.24, 2.45) is 0 Å². The fourth-order valence-electron chi connectivity index (χ4n) is 1.61. The molecule has 0 amide bonds. The topological polar surface area (TPSA) is 38.9 Å². The highest BCUT2D eigenvalue weighted by Crippen LogP contribution is 2.21. The lowest BCUT2D eigenvalue weighted by Gasteiger charge is -2.06.